The molecule has 1 heterocycles. The Labute approximate surface area is 189 Å². The van der Waals surface area contributed by atoms with E-state index in [1.807, 2.05) is 45.2 Å². The van der Waals surface area contributed by atoms with Gasteiger partial charge in [-0.25, -0.2) is 13.1 Å². The summed E-state index contributed by atoms with van der Waals surface area (Å²) in [6.45, 7) is 9.45. The topological polar surface area (TPSA) is 84.5 Å². The van der Waals surface area contributed by atoms with E-state index in [0.29, 0.717) is 17.9 Å². The summed E-state index contributed by atoms with van der Waals surface area (Å²) in [5.41, 5.74) is 1.86. The summed E-state index contributed by atoms with van der Waals surface area (Å²) in [5.74, 6) is 0.322. The SMILES string of the molecule is CSc1ccc(S(=O)(=O)NC2CC(C)(C)Oc3ccc(C)cc32)cc1NC(=O)C(C)C. The van der Waals surface area contributed by atoms with Gasteiger partial charge in [-0.05, 0) is 51.3 Å². The van der Waals surface area contributed by atoms with Crippen LogP contribution >= 0.6 is 11.8 Å². The number of amides is 1. The Kier molecular flexibility index (Phi) is 6.74. The molecule has 1 aliphatic rings. The van der Waals surface area contributed by atoms with Crippen LogP contribution < -0.4 is 14.8 Å². The van der Waals surface area contributed by atoms with Crippen LogP contribution in [0.3, 0.4) is 0 Å². The van der Waals surface area contributed by atoms with E-state index >= 15 is 0 Å². The minimum atomic E-state index is -3.84. The van der Waals surface area contributed by atoms with Gasteiger partial charge < -0.3 is 10.1 Å². The van der Waals surface area contributed by atoms with E-state index in [1.54, 1.807) is 26.0 Å². The summed E-state index contributed by atoms with van der Waals surface area (Å²) in [4.78, 5) is 13.1. The molecule has 2 aromatic rings. The molecule has 1 atom stereocenters. The summed E-state index contributed by atoms with van der Waals surface area (Å²) in [6.07, 6.45) is 2.39. The number of hydrogen-bond acceptors (Lipinski definition) is 5. The van der Waals surface area contributed by atoms with E-state index in [0.717, 1.165) is 16.0 Å². The van der Waals surface area contributed by atoms with Crippen LogP contribution in [0.1, 0.15) is 51.3 Å². The van der Waals surface area contributed by atoms with Crippen molar-refractivity contribution in [1.82, 2.24) is 4.72 Å². The van der Waals surface area contributed by atoms with Gasteiger partial charge >= 0.3 is 0 Å². The van der Waals surface area contributed by atoms with Crippen LogP contribution in [0.15, 0.2) is 46.2 Å². The lowest BCUT2D eigenvalue weighted by molar-refractivity contribution is -0.118. The average Bonchev–Trinajstić information content (AvgIpc) is 2.67. The lowest BCUT2D eigenvalue weighted by atomic mass is 9.89. The quantitative estimate of drug-likeness (QED) is 0.597. The van der Waals surface area contributed by atoms with Gasteiger partial charge in [0, 0.05) is 22.8 Å². The molecule has 1 unspecified atom stereocenters. The number of carbonyl (C=O) groups is 1. The minimum Gasteiger partial charge on any atom is -0.487 e. The molecule has 1 aliphatic heterocycles. The maximum atomic E-state index is 13.3. The number of nitrogens with one attached hydrogen (secondary N) is 2. The number of rotatable bonds is 6. The first-order chi connectivity index (χ1) is 14.4. The fourth-order valence-corrected chi connectivity index (χ4v) is 5.34. The molecule has 31 heavy (non-hydrogen) atoms. The molecule has 0 saturated carbocycles. The first-order valence-corrected chi connectivity index (χ1v) is 12.9. The zero-order valence-corrected chi connectivity index (χ0v) is 20.4. The molecular weight excluding hydrogens is 432 g/mol. The van der Waals surface area contributed by atoms with Crippen molar-refractivity contribution in [1.29, 1.82) is 0 Å². The zero-order valence-electron chi connectivity index (χ0n) is 18.8. The number of aryl methyl sites for hydroxylation is 1. The molecule has 0 fully saturated rings. The smallest absolute Gasteiger partial charge is 0.241 e. The number of ether oxygens (including phenoxy) is 1. The standard InChI is InChI=1S/C23H30N2O4S2/c1-14(2)22(26)24-18-12-16(8-10-21(18)30-6)31(27,28)25-19-13-23(4,5)29-20-9-7-15(3)11-17(19)20/h7-12,14,19,25H,13H2,1-6H3,(H,24,26). The van der Waals surface area contributed by atoms with Crippen molar-refractivity contribution in [2.24, 2.45) is 5.92 Å². The Bertz CT molecular complexity index is 1090. The highest BCUT2D eigenvalue weighted by molar-refractivity contribution is 7.98. The second-order valence-electron chi connectivity index (χ2n) is 8.79. The third-order valence-corrected chi connectivity index (χ3v) is 7.45. The Morgan fingerprint density at radius 1 is 1.19 bits per heavy atom. The first-order valence-electron chi connectivity index (χ1n) is 10.2. The van der Waals surface area contributed by atoms with Crippen molar-refractivity contribution in [3.05, 3.63) is 47.5 Å². The highest BCUT2D eigenvalue weighted by Gasteiger charge is 2.36. The van der Waals surface area contributed by atoms with Gasteiger partial charge in [0.1, 0.15) is 11.4 Å². The molecule has 8 heteroatoms. The van der Waals surface area contributed by atoms with E-state index in [2.05, 4.69) is 10.0 Å². The molecule has 3 rings (SSSR count). The number of carbonyl (C=O) groups excluding carboxylic acids is 1. The van der Waals surface area contributed by atoms with E-state index in [-0.39, 0.29) is 16.7 Å². The van der Waals surface area contributed by atoms with E-state index in [1.165, 1.54) is 17.8 Å². The molecule has 6 nitrogen and oxygen atoms in total. The van der Waals surface area contributed by atoms with Crippen molar-refractivity contribution >= 4 is 33.4 Å². The number of fused-ring (bicyclic) bond motifs is 1. The van der Waals surface area contributed by atoms with Crippen LogP contribution in [0.2, 0.25) is 0 Å². The third-order valence-electron chi connectivity index (χ3n) is 5.18. The first kappa shape index (κ1) is 23.6. The molecule has 0 radical (unpaired) electrons. The van der Waals surface area contributed by atoms with Crippen molar-refractivity contribution in [2.45, 2.75) is 62.5 Å². The average molecular weight is 463 g/mol. The summed E-state index contributed by atoms with van der Waals surface area (Å²) in [5, 5.41) is 2.84. The molecule has 0 saturated heterocycles. The van der Waals surface area contributed by atoms with Crippen LogP contribution in [0.5, 0.6) is 5.75 Å². The van der Waals surface area contributed by atoms with Gasteiger partial charge in [-0.3, -0.25) is 4.79 Å². The van der Waals surface area contributed by atoms with Gasteiger partial charge in [-0.15, -0.1) is 11.8 Å². The van der Waals surface area contributed by atoms with Crippen LogP contribution in [0.25, 0.3) is 0 Å². The summed E-state index contributed by atoms with van der Waals surface area (Å²) in [6, 6.07) is 10.2. The van der Waals surface area contributed by atoms with Crippen LogP contribution in [0.4, 0.5) is 5.69 Å². The van der Waals surface area contributed by atoms with E-state index in [4.69, 9.17) is 4.74 Å². The Balaban J connectivity index is 1.96. The normalized spacial score (nSPS) is 17.7. The highest BCUT2D eigenvalue weighted by Crippen LogP contribution is 2.40. The number of hydrogen-bond donors (Lipinski definition) is 2. The van der Waals surface area contributed by atoms with Gasteiger partial charge in [0.2, 0.25) is 15.9 Å². The van der Waals surface area contributed by atoms with Gasteiger partial charge in [-0.1, -0.05) is 31.5 Å². The lowest BCUT2D eigenvalue weighted by Crippen LogP contribution is -2.41. The summed E-state index contributed by atoms with van der Waals surface area (Å²) >= 11 is 1.45. The molecule has 1 amide bonds. The fourth-order valence-electron chi connectivity index (χ4n) is 3.56. The van der Waals surface area contributed by atoms with Gasteiger partial charge in [0.05, 0.1) is 16.6 Å². The predicted octanol–water partition coefficient (Wildman–Crippen LogP) is 4.89. The Morgan fingerprint density at radius 2 is 1.90 bits per heavy atom. The fraction of sp³-hybridized carbons (Fsp3) is 0.435. The van der Waals surface area contributed by atoms with Crippen LogP contribution in [-0.4, -0.2) is 26.2 Å². The maximum Gasteiger partial charge on any atom is 0.241 e. The second-order valence-corrected chi connectivity index (χ2v) is 11.3. The van der Waals surface area contributed by atoms with Crippen molar-refractivity contribution in [3.8, 4) is 5.75 Å². The monoisotopic (exact) mass is 462 g/mol. The molecule has 0 spiro atoms. The molecule has 2 N–H and O–H groups in total. The highest BCUT2D eigenvalue weighted by atomic mass is 32.2. The van der Waals surface area contributed by atoms with Crippen LogP contribution in [0, 0.1) is 12.8 Å². The van der Waals surface area contributed by atoms with Crippen molar-refractivity contribution in [2.75, 3.05) is 11.6 Å². The molecular formula is C23H30N2O4S2. The van der Waals surface area contributed by atoms with Gasteiger partial charge in [0.25, 0.3) is 0 Å². The third kappa shape index (κ3) is 5.42. The summed E-state index contributed by atoms with van der Waals surface area (Å²) in [7, 11) is -3.84. The van der Waals surface area contributed by atoms with Gasteiger partial charge in [-0.2, -0.15) is 0 Å². The number of sulfonamides is 1. The summed E-state index contributed by atoms with van der Waals surface area (Å²) < 4.78 is 35.5. The number of benzene rings is 2. The predicted molar refractivity (Wildman–Crippen MR) is 125 cm³/mol. The molecule has 168 valence electrons. The molecule has 0 aromatic heterocycles. The minimum absolute atomic E-state index is 0.114. The molecule has 0 aliphatic carbocycles. The van der Waals surface area contributed by atoms with Crippen molar-refractivity contribution in [3.63, 3.8) is 0 Å². The molecule has 0 bridgehead atoms. The largest absolute Gasteiger partial charge is 0.487 e. The van der Waals surface area contributed by atoms with Gasteiger partial charge in [0.15, 0.2) is 0 Å². The Morgan fingerprint density at radius 3 is 2.55 bits per heavy atom. The Hall–Kier alpha value is -2.03. The lowest BCUT2D eigenvalue weighted by Gasteiger charge is -2.38. The van der Waals surface area contributed by atoms with Crippen molar-refractivity contribution < 1.29 is 17.9 Å². The number of anilines is 1. The maximum absolute atomic E-state index is 13.3. The second kappa shape index (κ2) is 8.84. The van der Waals surface area contributed by atoms with E-state index < -0.39 is 21.7 Å². The number of thioether (sulfide) groups is 1. The zero-order chi connectivity index (χ0) is 23.0. The van der Waals surface area contributed by atoms with E-state index in [9.17, 15) is 13.2 Å². The molecule has 2 aromatic carbocycles. The van der Waals surface area contributed by atoms with Crippen LogP contribution in [-0.2, 0) is 14.8 Å².